The molecule has 3 N–H and O–H groups in total. The Morgan fingerprint density at radius 1 is 1.35 bits per heavy atom. The predicted molar refractivity (Wildman–Crippen MR) is 75.1 cm³/mol. The van der Waals surface area contributed by atoms with Crippen LogP contribution in [0.15, 0.2) is 4.99 Å². The molecule has 1 saturated carbocycles. The molecule has 0 bridgehead atoms. The van der Waals surface area contributed by atoms with E-state index in [4.69, 9.17) is 5.73 Å². The second-order valence-corrected chi connectivity index (χ2v) is 6.11. The zero-order valence-electron chi connectivity index (χ0n) is 11.9. The van der Waals surface area contributed by atoms with Gasteiger partial charge in [-0.2, -0.15) is 0 Å². The van der Waals surface area contributed by atoms with E-state index in [2.05, 4.69) is 38.0 Å². The number of nitrogens with two attached hydrogens (primary N) is 1. The van der Waals surface area contributed by atoms with Gasteiger partial charge in [-0.3, -0.25) is 4.99 Å². The molecule has 1 atom stereocenters. The fourth-order valence-corrected chi connectivity index (χ4v) is 2.62. The molecule has 0 aromatic heterocycles. The average Bonchev–Trinajstić information content (AvgIpc) is 2.21. The molecule has 0 aromatic rings. The van der Waals surface area contributed by atoms with E-state index in [1.165, 1.54) is 25.7 Å². The Labute approximate surface area is 106 Å². The Balaban J connectivity index is 2.43. The SMILES string of the molecule is CCC(C)NC(N)=NCC1(CC(C)C)CCC1. The zero-order chi connectivity index (χ0) is 12.9. The van der Waals surface area contributed by atoms with Gasteiger partial charge in [0.2, 0.25) is 0 Å². The molecule has 3 heteroatoms. The Bertz CT molecular complexity index is 254. The van der Waals surface area contributed by atoms with E-state index >= 15 is 0 Å². The van der Waals surface area contributed by atoms with Gasteiger partial charge in [-0.15, -0.1) is 0 Å². The summed E-state index contributed by atoms with van der Waals surface area (Å²) in [7, 11) is 0. The molecule has 1 unspecified atom stereocenters. The minimum atomic E-state index is 0.418. The van der Waals surface area contributed by atoms with Crippen LogP contribution >= 0.6 is 0 Å². The lowest BCUT2D eigenvalue weighted by molar-refractivity contribution is 0.111. The molecule has 0 aromatic carbocycles. The van der Waals surface area contributed by atoms with Gasteiger partial charge in [0, 0.05) is 12.6 Å². The number of nitrogens with zero attached hydrogens (tertiary/aromatic N) is 1. The summed E-state index contributed by atoms with van der Waals surface area (Å²) >= 11 is 0. The van der Waals surface area contributed by atoms with E-state index < -0.39 is 0 Å². The first-order chi connectivity index (χ1) is 7.97. The maximum Gasteiger partial charge on any atom is 0.188 e. The van der Waals surface area contributed by atoms with Crippen LogP contribution in [0.2, 0.25) is 0 Å². The summed E-state index contributed by atoms with van der Waals surface area (Å²) in [5.74, 6) is 1.38. The maximum absolute atomic E-state index is 5.91. The molecule has 3 nitrogen and oxygen atoms in total. The second-order valence-electron chi connectivity index (χ2n) is 6.11. The Kier molecular flexibility index (Phi) is 5.29. The molecule has 1 aliphatic rings. The van der Waals surface area contributed by atoms with E-state index in [-0.39, 0.29) is 0 Å². The quantitative estimate of drug-likeness (QED) is 0.553. The highest BCUT2D eigenvalue weighted by molar-refractivity contribution is 5.78. The van der Waals surface area contributed by atoms with Crippen LogP contribution in [0.4, 0.5) is 0 Å². The standard InChI is InChI=1S/C14H29N3/c1-5-12(4)17-13(15)16-10-14(7-6-8-14)9-11(2)3/h11-12H,5-10H2,1-4H3,(H3,15,16,17). The molecular weight excluding hydrogens is 210 g/mol. The first kappa shape index (κ1) is 14.3. The molecule has 100 valence electrons. The van der Waals surface area contributed by atoms with Gasteiger partial charge < -0.3 is 11.1 Å². The van der Waals surface area contributed by atoms with Gasteiger partial charge in [-0.25, -0.2) is 0 Å². The van der Waals surface area contributed by atoms with Crippen molar-refractivity contribution in [1.82, 2.24) is 5.32 Å². The van der Waals surface area contributed by atoms with Crippen LogP contribution in [0, 0.1) is 11.3 Å². The first-order valence-corrected chi connectivity index (χ1v) is 7.04. The number of hydrogen-bond acceptors (Lipinski definition) is 1. The van der Waals surface area contributed by atoms with Gasteiger partial charge in [0.25, 0.3) is 0 Å². The number of nitrogens with one attached hydrogen (secondary N) is 1. The largest absolute Gasteiger partial charge is 0.370 e. The number of aliphatic imine (C=N–C) groups is 1. The van der Waals surface area contributed by atoms with Crippen molar-refractivity contribution in [2.24, 2.45) is 22.1 Å². The highest BCUT2D eigenvalue weighted by Gasteiger charge is 2.37. The van der Waals surface area contributed by atoms with E-state index in [0.29, 0.717) is 17.4 Å². The van der Waals surface area contributed by atoms with Crippen LogP contribution in [-0.4, -0.2) is 18.5 Å². The predicted octanol–water partition coefficient (Wildman–Crippen LogP) is 2.91. The van der Waals surface area contributed by atoms with Crippen LogP contribution in [0.3, 0.4) is 0 Å². The summed E-state index contributed by atoms with van der Waals surface area (Å²) in [6, 6.07) is 0.418. The van der Waals surface area contributed by atoms with Crippen LogP contribution in [-0.2, 0) is 0 Å². The summed E-state index contributed by atoms with van der Waals surface area (Å²) in [6.07, 6.45) is 6.37. The van der Waals surface area contributed by atoms with Gasteiger partial charge in [0.05, 0.1) is 0 Å². The van der Waals surface area contributed by atoms with Crippen molar-refractivity contribution < 1.29 is 0 Å². The Morgan fingerprint density at radius 2 is 2.00 bits per heavy atom. The molecule has 0 aliphatic heterocycles. The minimum absolute atomic E-state index is 0.418. The van der Waals surface area contributed by atoms with Crippen LogP contribution < -0.4 is 11.1 Å². The molecule has 1 aliphatic carbocycles. The molecule has 1 rings (SSSR count). The van der Waals surface area contributed by atoms with Gasteiger partial charge in [-0.1, -0.05) is 27.2 Å². The van der Waals surface area contributed by atoms with Gasteiger partial charge in [0.1, 0.15) is 0 Å². The van der Waals surface area contributed by atoms with Crippen LogP contribution in [0.25, 0.3) is 0 Å². The molecular formula is C14H29N3. The summed E-state index contributed by atoms with van der Waals surface area (Å²) in [5, 5.41) is 3.23. The molecule has 0 spiro atoms. The van der Waals surface area contributed by atoms with Crippen LogP contribution in [0.1, 0.15) is 59.8 Å². The van der Waals surface area contributed by atoms with E-state index in [0.717, 1.165) is 18.9 Å². The molecule has 17 heavy (non-hydrogen) atoms. The van der Waals surface area contributed by atoms with Crippen molar-refractivity contribution in [2.75, 3.05) is 6.54 Å². The first-order valence-electron chi connectivity index (χ1n) is 7.04. The van der Waals surface area contributed by atoms with Crippen molar-refractivity contribution in [3.63, 3.8) is 0 Å². The number of rotatable bonds is 6. The zero-order valence-corrected chi connectivity index (χ0v) is 11.9. The molecule has 0 saturated heterocycles. The fraction of sp³-hybridized carbons (Fsp3) is 0.929. The summed E-state index contributed by atoms with van der Waals surface area (Å²) in [4.78, 5) is 4.54. The molecule has 0 amide bonds. The van der Waals surface area contributed by atoms with Crippen molar-refractivity contribution in [3.05, 3.63) is 0 Å². The van der Waals surface area contributed by atoms with E-state index in [1.807, 2.05) is 0 Å². The maximum atomic E-state index is 5.91. The summed E-state index contributed by atoms with van der Waals surface area (Å²) in [6.45, 7) is 9.78. The second kappa shape index (κ2) is 6.27. The normalized spacial score (nSPS) is 21.1. The van der Waals surface area contributed by atoms with Crippen molar-refractivity contribution in [2.45, 2.75) is 65.8 Å². The highest BCUT2D eigenvalue weighted by Crippen LogP contribution is 2.46. The van der Waals surface area contributed by atoms with Gasteiger partial charge in [-0.05, 0) is 43.9 Å². The van der Waals surface area contributed by atoms with Crippen molar-refractivity contribution >= 4 is 5.96 Å². The fourth-order valence-electron chi connectivity index (χ4n) is 2.62. The van der Waals surface area contributed by atoms with E-state index in [1.54, 1.807) is 0 Å². The topological polar surface area (TPSA) is 50.4 Å². The summed E-state index contributed by atoms with van der Waals surface area (Å²) in [5.41, 5.74) is 6.36. The Hall–Kier alpha value is -0.730. The lowest BCUT2D eigenvalue weighted by Crippen LogP contribution is -2.40. The smallest absolute Gasteiger partial charge is 0.188 e. The number of guanidine groups is 1. The molecule has 0 heterocycles. The van der Waals surface area contributed by atoms with Crippen molar-refractivity contribution in [3.8, 4) is 0 Å². The summed E-state index contributed by atoms with van der Waals surface area (Å²) < 4.78 is 0. The third-order valence-electron chi connectivity index (χ3n) is 3.85. The minimum Gasteiger partial charge on any atom is -0.370 e. The third-order valence-corrected chi connectivity index (χ3v) is 3.85. The van der Waals surface area contributed by atoms with Gasteiger partial charge >= 0.3 is 0 Å². The highest BCUT2D eigenvalue weighted by atomic mass is 15.1. The van der Waals surface area contributed by atoms with Gasteiger partial charge in [0.15, 0.2) is 5.96 Å². The average molecular weight is 239 g/mol. The molecule has 0 radical (unpaired) electrons. The monoisotopic (exact) mass is 239 g/mol. The lowest BCUT2D eigenvalue weighted by atomic mass is 9.64. The van der Waals surface area contributed by atoms with E-state index in [9.17, 15) is 0 Å². The molecule has 1 fully saturated rings. The Morgan fingerprint density at radius 3 is 2.41 bits per heavy atom. The van der Waals surface area contributed by atoms with Crippen molar-refractivity contribution in [1.29, 1.82) is 0 Å². The number of hydrogen-bond donors (Lipinski definition) is 2. The van der Waals surface area contributed by atoms with Crippen LogP contribution in [0.5, 0.6) is 0 Å². The third kappa shape index (κ3) is 4.57. The lowest BCUT2D eigenvalue weighted by Gasteiger charge is -2.42.